The van der Waals surface area contributed by atoms with Gasteiger partial charge >= 0.3 is 12.0 Å². The van der Waals surface area contributed by atoms with Crippen LogP contribution in [0.4, 0.5) is 10.6 Å². The van der Waals surface area contributed by atoms with Crippen LogP contribution in [0.1, 0.15) is 50.2 Å². The molecule has 1 aliphatic rings. The van der Waals surface area contributed by atoms with Gasteiger partial charge in [-0.3, -0.25) is 4.79 Å². The number of aliphatic carboxylic acids is 1. The fraction of sp³-hybridized carbons (Fsp3) is 0.440. The molecule has 3 heterocycles. The molecule has 1 atom stereocenters. The van der Waals surface area contributed by atoms with Crippen LogP contribution in [0.2, 0.25) is 0 Å². The summed E-state index contributed by atoms with van der Waals surface area (Å²) >= 11 is 0. The molecule has 0 aliphatic carbocycles. The topological polar surface area (TPSA) is 112 Å². The zero-order valence-electron chi connectivity index (χ0n) is 19.4. The highest BCUT2D eigenvalue weighted by atomic mass is 16.4. The molecule has 0 radical (unpaired) electrons. The fourth-order valence-corrected chi connectivity index (χ4v) is 4.19. The van der Waals surface area contributed by atoms with Crippen LogP contribution in [0, 0.1) is 0 Å². The number of rotatable bonds is 12. The molecule has 1 saturated heterocycles. The predicted octanol–water partition coefficient (Wildman–Crippen LogP) is 4.32. The van der Waals surface area contributed by atoms with E-state index in [9.17, 15) is 14.7 Å². The highest BCUT2D eigenvalue weighted by Gasteiger charge is 2.37. The number of nitrogens with one attached hydrogen (secondary N) is 1. The maximum absolute atomic E-state index is 13.1. The summed E-state index contributed by atoms with van der Waals surface area (Å²) in [5, 5.41) is 12.8. The van der Waals surface area contributed by atoms with E-state index in [0.717, 1.165) is 43.7 Å². The van der Waals surface area contributed by atoms with Crippen LogP contribution in [-0.2, 0) is 11.2 Å². The zero-order valence-corrected chi connectivity index (χ0v) is 19.4. The van der Waals surface area contributed by atoms with Crippen LogP contribution in [0.5, 0.6) is 0 Å². The first-order chi connectivity index (χ1) is 16.5. The molecule has 1 fully saturated rings. The van der Waals surface area contributed by atoms with Crippen molar-refractivity contribution in [2.75, 3.05) is 31.5 Å². The summed E-state index contributed by atoms with van der Waals surface area (Å²) in [5.74, 6) is 0.136. The van der Waals surface area contributed by atoms with Crippen molar-refractivity contribution in [2.45, 2.75) is 45.1 Å². The van der Waals surface area contributed by atoms with Gasteiger partial charge in [0.25, 0.3) is 0 Å². The van der Waals surface area contributed by atoms with Crippen molar-refractivity contribution in [1.29, 1.82) is 0 Å². The Bertz CT molecular complexity index is 1100. The van der Waals surface area contributed by atoms with Crippen molar-refractivity contribution in [1.82, 2.24) is 19.8 Å². The number of unbranched alkanes of at least 4 members (excludes halogenated alkanes) is 1. The van der Waals surface area contributed by atoms with E-state index in [1.807, 2.05) is 30.3 Å². The number of anilines is 1. The molecule has 4 rings (SSSR count). The van der Waals surface area contributed by atoms with E-state index in [2.05, 4.69) is 22.2 Å². The van der Waals surface area contributed by atoms with Crippen LogP contribution in [0.25, 0.3) is 11.1 Å². The molecule has 9 nitrogen and oxygen atoms in total. The smallest absolute Gasteiger partial charge is 0.320 e. The molecule has 0 saturated carbocycles. The number of carboxylic acid groups (broad SMARTS) is 1. The number of hydrogen-bond acceptors (Lipinski definition) is 6. The number of carboxylic acids is 1. The number of pyridine rings is 1. The minimum atomic E-state index is -1.00. The average Bonchev–Trinajstić information content (AvgIpc) is 3.42. The summed E-state index contributed by atoms with van der Waals surface area (Å²) in [5.41, 5.74) is 2.21. The van der Waals surface area contributed by atoms with Gasteiger partial charge in [-0.15, -0.1) is 0 Å². The van der Waals surface area contributed by atoms with Gasteiger partial charge in [-0.1, -0.05) is 31.5 Å². The van der Waals surface area contributed by atoms with Crippen LogP contribution in [0.3, 0.4) is 0 Å². The number of hydrogen-bond donors (Lipinski definition) is 2. The van der Waals surface area contributed by atoms with E-state index < -0.39 is 12.0 Å². The Labute approximate surface area is 198 Å². The van der Waals surface area contributed by atoms with E-state index in [0.29, 0.717) is 30.7 Å². The molecule has 9 heteroatoms. The van der Waals surface area contributed by atoms with Crippen molar-refractivity contribution in [3.05, 3.63) is 54.0 Å². The van der Waals surface area contributed by atoms with Crippen LogP contribution >= 0.6 is 0 Å². The van der Waals surface area contributed by atoms with E-state index >= 15 is 0 Å². The van der Waals surface area contributed by atoms with Gasteiger partial charge in [0.1, 0.15) is 17.4 Å². The lowest BCUT2D eigenvalue weighted by Crippen LogP contribution is -2.36. The molecule has 1 aliphatic heterocycles. The molecule has 0 unspecified atom stereocenters. The second kappa shape index (κ2) is 11.0. The summed E-state index contributed by atoms with van der Waals surface area (Å²) in [4.78, 5) is 37.1. The first kappa shape index (κ1) is 23.5. The Hall–Kier alpha value is -3.62. The van der Waals surface area contributed by atoms with Crippen LogP contribution in [-0.4, -0.2) is 63.1 Å². The van der Waals surface area contributed by atoms with Gasteiger partial charge in [0, 0.05) is 31.9 Å². The van der Waals surface area contributed by atoms with Gasteiger partial charge in [0.2, 0.25) is 5.89 Å². The lowest BCUT2D eigenvalue weighted by Gasteiger charge is -2.24. The van der Waals surface area contributed by atoms with Gasteiger partial charge in [0.05, 0.1) is 6.42 Å². The highest BCUT2D eigenvalue weighted by molar-refractivity contribution is 5.78. The Morgan fingerprint density at radius 2 is 2.00 bits per heavy atom. The SMILES string of the molecule is CCCCNc1cccc(CCCN2CCN([C@@H](CC(=O)O)c3nc4ccccc4o3)C2=O)n1. The molecule has 2 aromatic heterocycles. The normalized spacial score (nSPS) is 14.7. The summed E-state index contributed by atoms with van der Waals surface area (Å²) in [7, 11) is 0. The second-order valence-corrected chi connectivity index (χ2v) is 8.49. The van der Waals surface area contributed by atoms with E-state index in [4.69, 9.17) is 4.42 Å². The molecule has 1 aromatic carbocycles. The number of urea groups is 1. The maximum Gasteiger partial charge on any atom is 0.320 e. The largest absolute Gasteiger partial charge is 0.481 e. The minimum absolute atomic E-state index is 0.184. The van der Waals surface area contributed by atoms with Crippen LogP contribution < -0.4 is 5.32 Å². The third-order valence-electron chi connectivity index (χ3n) is 5.97. The number of oxazole rings is 1. The Morgan fingerprint density at radius 3 is 2.79 bits per heavy atom. The quantitative estimate of drug-likeness (QED) is 0.383. The number of aromatic nitrogens is 2. The molecule has 0 spiro atoms. The number of carbonyl (C=O) groups excluding carboxylic acids is 1. The molecule has 3 aromatic rings. The number of para-hydroxylation sites is 2. The predicted molar refractivity (Wildman–Crippen MR) is 129 cm³/mol. The Balaban J connectivity index is 1.36. The van der Waals surface area contributed by atoms with Crippen molar-refractivity contribution in [2.24, 2.45) is 0 Å². The molecular weight excluding hydrogens is 434 g/mol. The highest BCUT2D eigenvalue weighted by Crippen LogP contribution is 2.30. The minimum Gasteiger partial charge on any atom is -0.481 e. The summed E-state index contributed by atoms with van der Waals surface area (Å²) in [6.45, 7) is 4.62. The van der Waals surface area contributed by atoms with Gasteiger partial charge in [-0.2, -0.15) is 0 Å². The average molecular weight is 466 g/mol. The Morgan fingerprint density at radius 1 is 1.15 bits per heavy atom. The number of aryl methyl sites for hydroxylation is 1. The van der Waals surface area contributed by atoms with E-state index in [1.165, 1.54) is 0 Å². The van der Waals surface area contributed by atoms with E-state index in [-0.39, 0.29) is 18.3 Å². The second-order valence-electron chi connectivity index (χ2n) is 8.49. The number of carbonyl (C=O) groups is 2. The van der Waals surface area contributed by atoms with Crippen molar-refractivity contribution < 1.29 is 19.1 Å². The summed E-state index contributed by atoms with van der Waals surface area (Å²) in [6, 6.07) is 12.3. The van der Waals surface area contributed by atoms with Crippen molar-refractivity contribution >= 4 is 28.9 Å². The molecule has 34 heavy (non-hydrogen) atoms. The zero-order chi connectivity index (χ0) is 23.9. The number of nitrogens with zero attached hydrogens (tertiary/aromatic N) is 4. The Kier molecular flexibility index (Phi) is 7.61. The lowest BCUT2D eigenvalue weighted by molar-refractivity contribution is -0.138. The fourth-order valence-electron chi connectivity index (χ4n) is 4.19. The molecule has 2 amide bonds. The van der Waals surface area contributed by atoms with Gasteiger partial charge < -0.3 is 24.6 Å². The number of amides is 2. The number of fused-ring (bicyclic) bond motifs is 1. The van der Waals surface area contributed by atoms with Gasteiger partial charge in [-0.25, -0.2) is 14.8 Å². The molecule has 0 bridgehead atoms. The lowest BCUT2D eigenvalue weighted by atomic mass is 10.2. The van der Waals surface area contributed by atoms with E-state index in [1.54, 1.807) is 21.9 Å². The molecule has 180 valence electrons. The number of benzene rings is 1. The van der Waals surface area contributed by atoms with Crippen molar-refractivity contribution in [3.63, 3.8) is 0 Å². The monoisotopic (exact) mass is 465 g/mol. The molecular formula is C25H31N5O4. The van der Waals surface area contributed by atoms with Crippen molar-refractivity contribution in [3.8, 4) is 0 Å². The van der Waals surface area contributed by atoms with Crippen LogP contribution in [0.15, 0.2) is 46.9 Å². The first-order valence-corrected chi connectivity index (χ1v) is 11.9. The first-order valence-electron chi connectivity index (χ1n) is 11.9. The molecule has 2 N–H and O–H groups in total. The third-order valence-corrected chi connectivity index (χ3v) is 5.97. The standard InChI is InChI=1S/C25H31N5O4/c1-2-3-13-26-22-12-6-8-18(27-22)9-7-14-29-15-16-30(25(29)33)20(17-23(31)32)24-28-19-10-4-5-11-21(19)34-24/h4-6,8,10-12,20H,2-3,7,9,13-17H2,1H3,(H,26,27)(H,31,32)/t20-/m0/s1. The van der Waals surface area contributed by atoms with Gasteiger partial charge in [-0.05, 0) is 43.5 Å². The van der Waals surface area contributed by atoms with Gasteiger partial charge in [0.15, 0.2) is 5.58 Å². The summed E-state index contributed by atoms with van der Waals surface area (Å²) < 4.78 is 5.81. The summed E-state index contributed by atoms with van der Waals surface area (Å²) in [6.07, 6.45) is 3.52. The third kappa shape index (κ3) is 5.65. The maximum atomic E-state index is 13.1.